The number of nitrogens with two attached hydrogens (primary N) is 1. The minimum atomic E-state index is -0.404. The van der Waals surface area contributed by atoms with Gasteiger partial charge in [0.05, 0.1) is 22.2 Å². The molecule has 0 fully saturated rings. The molecular weight excluding hydrogens is 513 g/mol. The Labute approximate surface area is 223 Å². The zero-order valence-corrected chi connectivity index (χ0v) is 21.5. The average molecular weight is 538 g/mol. The third kappa shape index (κ3) is 7.03. The summed E-state index contributed by atoms with van der Waals surface area (Å²) < 4.78 is 5.92. The van der Waals surface area contributed by atoms with E-state index in [2.05, 4.69) is 20.6 Å². The van der Waals surface area contributed by atoms with Gasteiger partial charge in [-0.25, -0.2) is 0 Å². The summed E-state index contributed by atoms with van der Waals surface area (Å²) in [6.45, 7) is 2.05. The Kier molecular flexibility index (Phi) is 8.32. The normalized spacial score (nSPS) is 11.4. The molecule has 4 aromatic rings. The second-order valence-corrected chi connectivity index (χ2v) is 9.15. The highest BCUT2D eigenvalue weighted by Crippen LogP contribution is 2.32. The minimum Gasteiger partial charge on any atom is -0.489 e. The Hall–Kier alpha value is -4.01. The Bertz CT molecular complexity index is 1440. The molecule has 0 aliphatic carbocycles. The van der Waals surface area contributed by atoms with Crippen molar-refractivity contribution in [1.29, 1.82) is 0 Å². The van der Waals surface area contributed by atoms with Gasteiger partial charge in [0, 0.05) is 30.6 Å². The molecule has 2 amide bonds. The smallest absolute Gasteiger partial charge is 0.253 e. The number of carbonyl (C=O) groups excluding carboxylic acids is 2. The number of halogens is 2. The Morgan fingerprint density at radius 2 is 1.76 bits per heavy atom. The molecule has 190 valence electrons. The maximum atomic E-state index is 12.6. The first-order valence-electron chi connectivity index (χ1n) is 11.4. The first kappa shape index (κ1) is 26.1. The molecule has 5 N–H and O–H groups in total. The lowest BCUT2D eigenvalue weighted by Gasteiger charge is -2.11. The highest BCUT2D eigenvalue weighted by atomic mass is 35.5. The van der Waals surface area contributed by atoms with Crippen molar-refractivity contribution < 1.29 is 14.3 Å². The zero-order valence-electron chi connectivity index (χ0n) is 20.0. The lowest BCUT2D eigenvalue weighted by molar-refractivity contribution is -0.117. The number of carbonyl (C=O) groups is 2. The largest absolute Gasteiger partial charge is 0.489 e. The van der Waals surface area contributed by atoms with Gasteiger partial charge in [-0.05, 0) is 47.0 Å². The average Bonchev–Trinajstić information content (AvgIpc) is 3.26. The van der Waals surface area contributed by atoms with Gasteiger partial charge in [0.2, 0.25) is 5.91 Å². The Morgan fingerprint density at radius 3 is 2.46 bits per heavy atom. The molecule has 1 heterocycles. The molecular formula is C27H25Cl2N5O3. The van der Waals surface area contributed by atoms with Gasteiger partial charge in [-0.15, -0.1) is 0 Å². The third-order valence-corrected chi connectivity index (χ3v) is 6.05. The van der Waals surface area contributed by atoms with E-state index in [0.717, 1.165) is 22.0 Å². The van der Waals surface area contributed by atoms with E-state index in [9.17, 15) is 9.59 Å². The number of nitrogens with one attached hydrogen (secondary N) is 3. The number of rotatable bonds is 8. The third-order valence-electron chi connectivity index (χ3n) is 5.45. The number of guanidine groups is 1. The van der Waals surface area contributed by atoms with Gasteiger partial charge in [0.25, 0.3) is 5.91 Å². The predicted molar refractivity (Wildman–Crippen MR) is 147 cm³/mol. The number of aromatic amines is 1. The molecule has 3 aromatic carbocycles. The van der Waals surface area contributed by atoms with Crippen LogP contribution >= 0.6 is 23.2 Å². The molecule has 0 saturated carbocycles. The molecule has 0 atom stereocenters. The van der Waals surface area contributed by atoms with Gasteiger partial charge in [-0.2, -0.15) is 4.99 Å². The second-order valence-electron chi connectivity index (χ2n) is 8.33. The first-order valence-corrected chi connectivity index (χ1v) is 12.2. The predicted octanol–water partition coefficient (Wildman–Crippen LogP) is 5.19. The van der Waals surface area contributed by atoms with Crippen LogP contribution in [0.5, 0.6) is 5.75 Å². The van der Waals surface area contributed by atoms with Gasteiger partial charge in [-0.3, -0.25) is 9.59 Å². The van der Waals surface area contributed by atoms with Crippen LogP contribution in [0.3, 0.4) is 0 Å². The number of H-pyrrole nitrogens is 1. The van der Waals surface area contributed by atoms with Gasteiger partial charge in [0.1, 0.15) is 12.4 Å². The summed E-state index contributed by atoms with van der Waals surface area (Å²) in [6, 6.07) is 18.9. The van der Waals surface area contributed by atoms with Crippen molar-refractivity contribution in [1.82, 2.24) is 10.3 Å². The molecule has 0 radical (unpaired) electrons. The highest BCUT2D eigenvalue weighted by molar-refractivity contribution is 6.39. The zero-order chi connectivity index (χ0) is 26.4. The molecule has 0 aliphatic rings. The van der Waals surface area contributed by atoms with E-state index in [1.807, 2.05) is 48.5 Å². The number of fused-ring (bicyclic) bond motifs is 1. The standard InChI is InChI=1S/C27H25Cl2N5O3/c1-16(35)33-26-22(28)9-18(10-23(26)29)13-32-27(30)34-25(36)11-19-14-31-24-8-7-20(12-21(19)24)37-15-17-5-3-2-4-6-17/h2-10,12,14,31H,11,13,15H2,1H3,(H,33,35)(H3,30,32,34,36). The molecule has 0 bridgehead atoms. The van der Waals surface area contributed by atoms with Crippen molar-refractivity contribution in [3.05, 3.63) is 93.6 Å². The Morgan fingerprint density at radius 1 is 1.03 bits per heavy atom. The number of amides is 2. The molecule has 8 nitrogen and oxygen atoms in total. The lowest BCUT2D eigenvalue weighted by atomic mass is 10.1. The van der Waals surface area contributed by atoms with E-state index in [1.165, 1.54) is 6.92 Å². The van der Waals surface area contributed by atoms with Crippen LogP contribution < -0.4 is 21.1 Å². The monoisotopic (exact) mass is 537 g/mol. The number of anilines is 1. The summed E-state index contributed by atoms with van der Waals surface area (Å²) in [4.78, 5) is 31.0. The molecule has 0 unspecified atom stereocenters. The van der Waals surface area contributed by atoms with Gasteiger partial charge >= 0.3 is 0 Å². The van der Waals surface area contributed by atoms with E-state index in [4.69, 9.17) is 33.7 Å². The summed E-state index contributed by atoms with van der Waals surface area (Å²) in [5, 5.41) is 6.92. The minimum absolute atomic E-state index is 0.0325. The van der Waals surface area contributed by atoms with Crippen molar-refractivity contribution in [3.8, 4) is 5.75 Å². The number of aromatic nitrogens is 1. The quantitative estimate of drug-likeness (QED) is 0.182. The van der Waals surface area contributed by atoms with Crippen LogP contribution in [0.1, 0.15) is 23.6 Å². The van der Waals surface area contributed by atoms with Gasteiger partial charge < -0.3 is 26.1 Å². The molecule has 10 heteroatoms. The lowest BCUT2D eigenvalue weighted by Crippen LogP contribution is -2.32. The SMILES string of the molecule is CC(=O)Nc1c(Cl)cc(CN/C(N)=N/C(=O)Cc2c[nH]c3ccc(OCc4ccccc4)cc23)cc1Cl. The summed E-state index contributed by atoms with van der Waals surface area (Å²) in [7, 11) is 0. The number of nitrogens with zero attached hydrogens (tertiary/aromatic N) is 1. The van der Waals surface area contributed by atoms with Gasteiger partial charge in [-0.1, -0.05) is 53.5 Å². The topological polar surface area (TPSA) is 122 Å². The summed E-state index contributed by atoms with van der Waals surface area (Å²) >= 11 is 12.4. The van der Waals surface area contributed by atoms with Crippen LogP contribution in [0.25, 0.3) is 10.9 Å². The Balaban J connectivity index is 1.37. The highest BCUT2D eigenvalue weighted by Gasteiger charge is 2.12. The molecule has 0 saturated heterocycles. The van der Waals surface area contributed by atoms with Crippen LogP contribution in [-0.4, -0.2) is 22.8 Å². The number of hydrogen-bond acceptors (Lipinski definition) is 3. The maximum absolute atomic E-state index is 12.6. The van der Waals surface area contributed by atoms with E-state index in [-0.39, 0.29) is 34.9 Å². The van der Waals surface area contributed by atoms with Crippen molar-refractivity contribution in [2.75, 3.05) is 5.32 Å². The van der Waals surface area contributed by atoms with Crippen molar-refractivity contribution >= 4 is 57.6 Å². The maximum Gasteiger partial charge on any atom is 0.253 e. The van der Waals surface area contributed by atoms with E-state index >= 15 is 0 Å². The first-order chi connectivity index (χ1) is 17.8. The van der Waals surface area contributed by atoms with Crippen LogP contribution in [0.2, 0.25) is 10.0 Å². The van der Waals surface area contributed by atoms with Crippen molar-refractivity contribution in [2.24, 2.45) is 10.7 Å². The van der Waals surface area contributed by atoms with E-state index < -0.39 is 5.91 Å². The fraction of sp³-hybridized carbons (Fsp3) is 0.148. The van der Waals surface area contributed by atoms with E-state index in [1.54, 1.807) is 18.3 Å². The summed E-state index contributed by atoms with van der Waals surface area (Å²) in [6.07, 6.45) is 1.84. The molecule has 1 aromatic heterocycles. The number of benzene rings is 3. The van der Waals surface area contributed by atoms with Crippen LogP contribution in [0, 0.1) is 0 Å². The fourth-order valence-corrected chi connectivity index (χ4v) is 4.35. The molecule has 0 aliphatic heterocycles. The number of hydrogen-bond donors (Lipinski definition) is 4. The van der Waals surface area contributed by atoms with Gasteiger partial charge in [0.15, 0.2) is 5.96 Å². The summed E-state index contributed by atoms with van der Waals surface area (Å²) in [5.41, 5.74) is 9.71. The summed E-state index contributed by atoms with van der Waals surface area (Å²) in [5.74, 6) is -0.0136. The van der Waals surface area contributed by atoms with Crippen molar-refractivity contribution in [2.45, 2.75) is 26.5 Å². The van der Waals surface area contributed by atoms with Crippen LogP contribution in [0.15, 0.2) is 71.9 Å². The molecule has 0 spiro atoms. The second kappa shape index (κ2) is 11.8. The van der Waals surface area contributed by atoms with Crippen LogP contribution in [-0.2, 0) is 29.2 Å². The van der Waals surface area contributed by atoms with Crippen molar-refractivity contribution in [3.63, 3.8) is 0 Å². The molecule has 4 rings (SSSR count). The number of aliphatic imine (C=N–C) groups is 1. The van der Waals surface area contributed by atoms with E-state index in [0.29, 0.717) is 23.6 Å². The number of ether oxygens (including phenoxy) is 1. The fourth-order valence-electron chi connectivity index (χ4n) is 3.73. The van der Waals surface area contributed by atoms with Crippen LogP contribution in [0.4, 0.5) is 5.69 Å². The molecule has 37 heavy (non-hydrogen) atoms.